The molecule has 70 valence electrons. The van der Waals surface area contributed by atoms with Crippen molar-refractivity contribution in [3.8, 4) is 0 Å². The van der Waals surface area contributed by atoms with Crippen LogP contribution in [0.5, 0.6) is 0 Å². The highest BCUT2D eigenvalue weighted by atomic mass is 32.2. The summed E-state index contributed by atoms with van der Waals surface area (Å²) in [6.45, 7) is 3.39. The maximum atomic E-state index is 11.3. The molecule has 1 heterocycles. The van der Waals surface area contributed by atoms with E-state index in [4.69, 9.17) is 0 Å². The molecule has 0 unspecified atom stereocenters. The van der Waals surface area contributed by atoms with Gasteiger partial charge in [0.25, 0.3) is 0 Å². The minimum Gasteiger partial charge on any atom is -0.260 e. The zero-order valence-electron chi connectivity index (χ0n) is 7.18. The Hall–Kier alpha value is -1.16. The Bertz CT molecular complexity index is 370. The van der Waals surface area contributed by atoms with Crippen LogP contribution in [0.2, 0.25) is 0 Å². The Morgan fingerprint density at radius 2 is 2.23 bits per heavy atom. The quantitative estimate of drug-likeness (QED) is 0.681. The number of rotatable bonds is 4. The third-order valence-electron chi connectivity index (χ3n) is 1.47. The Kier molecular flexibility index (Phi) is 3.19. The van der Waals surface area contributed by atoms with Gasteiger partial charge < -0.3 is 0 Å². The fourth-order valence-electron chi connectivity index (χ4n) is 0.947. The van der Waals surface area contributed by atoms with Crippen molar-refractivity contribution in [1.29, 1.82) is 0 Å². The van der Waals surface area contributed by atoms with E-state index in [0.717, 1.165) is 0 Å². The lowest BCUT2D eigenvalue weighted by molar-refractivity contribution is 0.597. The second-order valence-corrected chi connectivity index (χ2v) is 4.77. The van der Waals surface area contributed by atoms with Gasteiger partial charge in [-0.25, -0.2) is 8.42 Å². The van der Waals surface area contributed by atoms with Crippen LogP contribution in [0.1, 0.15) is 5.69 Å². The van der Waals surface area contributed by atoms with Crippen LogP contribution < -0.4 is 0 Å². The van der Waals surface area contributed by atoms with Gasteiger partial charge in [0.15, 0.2) is 9.84 Å². The Labute approximate surface area is 78.0 Å². The number of hydrogen-bond donors (Lipinski definition) is 0. The van der Waals surface area contributed by atoms with Crippen LogP contribution in [0, 0.1) is 0 Å². The van der Waals surface area contributed by atoms with Crippen LogP contribution in [-0.4, -0.2) is 19.2 Å². The van der Waals surface area contributed by atoms with E-state index in [1.54, 1.807) is 24.4 Å². The monoisotopic (exact) mass is 197 g/mol. The first-order valence-corrected chi connectivity index (χ1v) is 5.67. The van der Waals surface area contributed by atoms with Gasteiger partial charge in [0.1, 0.15) is 0 Å². The molecule has 0 aromatic carbocycles. The van der Waals surface area contributed by atoms with Crippen LogP contribution in [0.25, 0.3) is 0 Å². The number of pyridine rings is 1. The van der Waals surface area contributed by atoms with E-state index in [9.17, 15) is 8.42 Å². The lowest BCUT2D eigenvalue weighted by Crippen LogP contribution is -2.08. The first-order valence-electron chi connectivity index (χ1n) is 3.85. The fourth-order valence-corrected chi connectivity index (χ4v) is 2.05. The molecule has 3 nitrogen and oxygen atoms in total. The molecule has 1 aromatic rings. The maximum absolute atomic E-state index is 11.3. The van der Waals surface area contributed by atoms with E-state index in [0.29, 0.717) is 5.69 Å². The molecule has 13 heavy (non-hydrogen) atoms. The molecule has 0 fully saturated rings. The molecule has 0 saturated heterocycles. The molecule has 0 aliphatic rings. The van der Waals surface area contributed by atoms with Crippen molar-refractivity contribution < 1.29 is 8.42 Å². The average molecular weight is 197 g/mol. The number of hydrogen-bond acceptors (Lipinski definition) is 3. The summed E-state index contributed by atoms with van der Waals surface area (Å²) in [6, 6.07) is 5.22. The summed E-state index contributed by atoms with van der Waals surface area (Å²) in [5.74, 6) is -0.0105. The predicted octanol–water partition coefficient (Wildman–Crippen LogP) is 1.18. The van der Waals surface area contributed by atoms with Gasteiger partial charge in [-0.05, 0) is 12.1 Å². The van der Waals surface area contributed by atoms with Crippen LogP contribution in [0.4, 0.5) is 0 Å². The second-order valence-electron chi connectivity index (χ2n) is 2.66. The van der Waals surface area contributed by atoms with E-state index >= 15 is 0 Å². The van der Waals surface area contributed by atoms with E-state index in [1.807, 2.05) is 0 Å². The normalized spacial score (nSPS) is 11.1. The smallest absolute Gasteiger partial charge is 0.159 e. The van der Waals surface area contributed by atoms with Crippen LogP contribution in [-0.2, 0) is 15.6 Å². The Morgan fingerprint density at radius 1 is 1.46 bits per heavy atom. The molecular formula is C9H11NO2S. The van der Waals surface area contributed by atoms with Crippen molar-refractivity contribution in [3.05, 3.63) is 42.7 Å². The van der Waals surface area contributed by atoms with Crippen LogP contribution in [0.3, 0.4) is 0 Å². The predicted molar refractivity (Wildman–Crippen MR) is 51.9 cm³/mol. The highest BCUT2D eigenvalue weighted by molar-refractivity contribution is 7.90. The summed E-state index contributed by atoms with van der Waals surface area (Å²) in [5.41, 5.74) is 0.573. The summed E-state index contributed by atoms with van der Waals surface area (Å²) in [4.78, 5) is 3.93. The minimum absolute atomic E-state index is 0.00355. The summed E-state index contributed by atoms with van der Waals surface area (Å²) in [6.07, 6.45) is 2.97. The summed E-state index contributed by atoms with van der Waals surface area (Å²) < 4.78 is 22.6. The number of nitrogens with zero attached hydrogens (tertiary/aromatic N) is 1. The van der Waals surface area contributed by atoms with E-state index in [-0.39, 0.29) is 11.5 Å². The molecule has 0 N–H and O–H groups in total. The summed E-state index contributed by atoms with van der Waals surface area (Å²) in [7, 11) is -3.07. The molecule has 1 aromatic heterocycles. The van der Waals surface area contributed by atoms with Gasteiger partial charge in [-0.15, -0.1) is 6.58 Å². The fraction of sp³-hybridized carbons (Fsp3) is 0.222. The highest BCUT2D eigenvalue weighted by Crippen LogP contribution is 2.02. The largest absolute Gasteiger partial charge is 0.260 e. The summed E-state index contributed by atoms with van der Waals surface area (Å²) >= 11 is 0. The zero-order chi connectivity index (χ0) is 9.73. The van der Waals surface area contributed by atoms with E-state index in [1.165, 1.54) is 6.08 Å². The SMILES string of the molecule is C=CCS(=O)(=O)Cc1ccccn1. The third kappa shape index (κ3) is 3.38. The maximum Gasteiger partial charge on any atom is 0.159 e. The Morgan fingerprint density at radius 3 is 2.77 bits per heavy atom. The van der Waals surface area contributed by atoms with Gasteiger partial charge in [-0.1, -0.05) is 12.1 Å². The second kappa shape index (κ2) is 4.18. The molecule has 0 bridgehead atoms. The topological polar surface area (TPSA) is 47.0 Å². The first kappa shape index (κ1) is 9.92. The zero-order valence-corrected chi connectivity index (χ0v) is 8.00. The van der Waals surface area contributed by atoms with E-state index < -0.39 is 9.84 Å². The van der Waals surface area contributed by atoms with Crippen molar-refractivity contribution in [2.75, 3.05) is 5.75 Å². The lowest BCUT2D eigenvalue weighted by Gasteiger charge is -1.99. The molecule has 0 atom stereocenters. The molecule has 0 aliphatic heterocycles. The lowest BCUT2D eigenvalue weighted by atomic mass is 10.4. The molecule has 0 saturated carbocycles. The number of aromatic nitrogens is 1. The van der Waals surface area contributed by atoms with Gasteiger partial charge in [-0.2, -0.15) is 0 Å². The van der Waals surface area contributed by atoms with Crippen molar-refractivity contribution in [3.63, 3.8) is 0 Å². The van der Waals surface area contributed by atoms with Crippen molar-refractivity contribution in [2.45, 2.75) is 5.75 Å². The number of sulfone groups is 1. The molecular weight excluding hydrogens is 186 g/mol. The third-order valence-corrected chi connectivity index (χ3v) is 2.94. The van der Waals surface area contributed by atoms with Gasteiger partial charge in [0.2, 0.25) is 0 Å². The highest BCUT2D eigenvalue weighted by Gasteiger charge is 2.09. The molecule has 0 radical (unpaired) electrons. The molecule has 4 heteroatoms. The van der Waals surface area contributed by atoms with Crippen molar-refractivity contribution in [2.24, 2.45) is 0 Å². The molecule has 0 aliphatic carbocycles. The van der Waals surface area contributed by atoms with Gasteiger partial charge in [0, 0.05) is 6.20 Å². The molecule has 0 spiro atoms. The standard InChI is InChI=1S/C9H11NO2S/c1-2-7-13(11,12)8-9-5-3-4-6-10-9/h2-6H,1,7-8H2. The molecule has 0 amide bonds. The van der Waals surface area contributed by atoms with Crippen LogP contribution >= 0.6 is 0 Å². The van der Waals surface area contributed by atoms with Gasteiger partial charge in [-0.3, -0.25) is 4.98 Å². The van der Waals surface area contributed by atoms with Crippen molar-refractivity contribution >= 4 is 9.84 Å². The van der Waals surface area contributed by atoms with Gasteiger partial charge in [0.05, 0.1) is 17.2 Å². The van der Waals surface area contributed by atoms with Crippen molar-refractivity contribution in [1.82, 2.24) is 4.98 Å². The minimum atomic E-state index is -3.07. The van der Waals surface area contributed by atoms with E-state index in [2.05, 4.69) is 11.6 Å². The summed E-state index contributed by atoms with van der Waals surface area (Å²) in [5, 5.41) is 0. The van der Waals surface area contributed by atoms with Crippen LogP contribution in [0.15, 0.2) is 37.1 Å². The molecule has 1 rings (SSSR count). The van der Waals surface area contributed by atoms with Gasteiger partial charge >= 0.3 is 0 Å². The Balaban J connectivity index is 2.75. The first-order chi connectivity index (χ1) is 6.14. The average Bonchev–Trinajstić information content (AvgIpc) is 2.04.